The number of ether oxygens (including phenoxy) is 4. The number of Topliss-reactive ketones (excluding diaryl/α,β-unsaturated/α-hetero) is 1. The Morgan fingerprint density at radius 3 is 1.43 bits per heavy atom. The summed E-state index contributed by atoms with van der Waals surface area (Å²) in [5.41, 5.74) is 0. The van der Waals surface area contributed by atoms with Crippen LogP contribution < -0.4 is 16.0 Å². The van der Waals surface area contributed by atoms with E-state index in [-0.39, 0.29) is 108 Å². The standard InChI is InChI=1S/C43H77N3O14/c1-35(42(53)54)19-16-17-25-44-39(49)33-60-32-30-58-28-26-45-40(50)34-59-31-29-57-27-18-20-36(47)23-24-37(43(55)56)46-38(48)21-14-12-10-8-6-4-2-3-5-7-9-11-13-15-22-41(51)52/h35,37H,2-34H2,1H3,(H,44,49)(H,45,50)(H,46,48)(H,51,52)(H,53,54)(H,55,56)/t35-,37-/m0/s1. The monoisotopic (exact) mass is 860 g/mol. The Morgan fingerprint density at radius 1 is 0.433 bits per heavy atom. The number of ketones is 1. The Kier molecular flexibility index (Phi) is 38.2. The van der Waals surface area contributed by atoms with Crippen LogP contribution in [0.3, 0.4) is 0 Å². The maximum absolute atomic E-state index is 12.3. The molecule has 348 valence electrons. The molecule has 60 heavy (non-hydrogen) atoms. The van der Waals surface area contributed by atoms with Crippen LogP contribution >= 0.6 is 0 Å². The van der Waals surface area contributed by atoms with E-state index in [1.54, 1.807) is 6.92 Å². The normalized spacial score (nSPS) is 12.1. The van der Waals surface area contributed by atoms with Crippen molar-refractivity contribution < 1.29 is 67.8 Å². The van der Waals surface area contributed by atoms with Gasteiger partial charge in [0.05, 0.1) is 39.0 Å². The molecule has 0 heterocycles. The molecular formula is C43H77N3O14. The number of carbonyl (C=O) groups excluding carboxylic acids is 4. The van der Waals surface area contributed by atoms with Crippen molar-refractivity contribution in [1.29, 1.82) is 0 Å². The number of hydrogen-bond acceptors (Lipinski definition) is 11. The third-order valence-electron chi connectivity index (χ3n) is 9.72. The summed E-state index contributed by atoms with van der Waals surface area (Å²) >= 11 is 0. The number of unbranched alkanes of at least 4 members (excludes halogenated alkanes) is 14. The number of hydrogen-bond donors (Lipinski definition) is 6. The zero-order valence-electron chi connectivity index (χ0n) is 36.3. The molecule has 0 aliphatic rings. The first-order valence-electron chi connectivity index (χ1n) is 22.2. The van der Waals surface area contributed by atoms with Crippen molar-refractivity contribution in [2.24, 2.45) is 5.92 Å². The van der Waals surface area contributed by atoms with Gasteiger partial charge in [0.1, 0.15) is 25.0 Å². The molecule has 0 aromatic rings. The van der Waals surface area contributed by atoms with Crippen LogP contribution in [-0.4, -0.2) is 129 Å². The first-order valence-corrected chi connectivity index (χ1v) is 22.2. The highest BCUT2D eigenvalue weighted by atomic mass is 16.5. The molecule has 0 saturated heterocycles. The average Bonchev–Trinajstić information content (AvgIpc) is 3.20. The van der Waals surface area contributed by atoms with Crippen LogP contribution in [0, 0.1) is 5.92 Å². The van der Waals surface area contributed by atoms with Crippen molar-refractivity contribution in [1.82, 2.24) is 16.0 Å². The summed E-state index contributed by atoms with van der Waals surface area (Å²) in [4.78, 5) is 81.2. The quantitative estimate of drug-likeness (QED) is 0.0431. The van der Waals surface area contributed by atoms with Crippen LogP contribution in [0.15, 0.2) is 0 Å². The fraction of sp³-hybridized carbons (Fsp3) is 0.837. The fourth-order valence-electron chi connectivity index (χ4n) is 6.07. The highest BCUT2D eigenvalue weighted by molar-refractivity contribution is 5.84. The number of aliphatic carboxylic acids is 3. The number of carboxylic acid groups (broad SMARTS) is 3. The molecule has 0 fully saturated rings. The van der Waals surface area contributed by atoms with Gasteiger partial charge in [-0.15, -0.1) is 0 Å². The van der Waals surface area contributed by atoms with Gasteiger partial charge in [-0.1, -0.05) is 90.4 Å². The Morgan fingerprint density at radius 2 is 0.917 bits per heavy atom. The molecule has 2 atom stereocenters. The second kappa shape index (κ2) is 40.7. The number of carboxylic acids is 3. The van der Waals surface area contributed by atoms with Gasteiger partial charge in [0.2, 0.25) is 17.7 Å². The third-order valence-corrected chi connectivity index (χ3v) is 9.72. The zero-order chi connectivity index (χ0) is 44.5. The van der Waals surface area contributed by atoms with Crippen molar-refractivity contribution in [3.63, 3.8) is 0 Å². The van der Waals surface area contributed by atoms with Gasteiger partial charge in [0.15, 0.2) is 0 Å². The molecule has 0 aromatic heterocycles. The van der Waals surface area contributed by atoms with Gasteiger partial charge in [-0.25, -0.2) is 4.79 Å². The highest BCUT2D eigenvalue weighted by Crippen LogP contribution is 2.14. The van der Waals surface area contributed by atoms with E-state index in [1.165, 1.54) is 44.9 Å². The van der Waals surface area contributed by atoms with Crippen molar-refractivity contribution in [3.05, 3.63) is 0 Å². The summed E-state index contributed by atoms with van der Waals surface area (Å²) in [6.07, 6.45) is 18.4. The van der Waals surface area contributed by atoms with Gasteiger partial charge in [-0.2, -0.15) is 0 Å². The van der Waals surface area contributed by atoms with Crippen molar-refractivity contribution in [3.8, 4) is 0 Å². The summed E-state index contributed by atoms with van der Waals surface area (Å²) in [6.45, 7) is 3.61. The number of nitrogens with one attached hydrogen (secondary N) is 3. The molecule has 0 radical (unpaired) electrons. The van der Waals surface area contributed by atoms with Crippen LogP contribution in [0.2, 0.25) is 0 Å². The lowest BCUT2D eigenvalue weighted by molar-refractivity contribution is -0.142. The number of carbonyl (C=O) groups is 7. The number of amides is 3. The van der Waals surface area contributed by atoms with Crippen molar-refractivity contribution >= 4 is 41.4 Å². The second-order valence-electron chi connectivity index (χ2n) is 15.2. The fourth-order valence-corrected chi connectivity index (χ4v) is 6.07. The Labute approximate surface area is 357 Å². The smallest absolute Gasteiger partial charge is 0.326 e. The SMILES string of the molecule is C[C@@H](CCCCNC(=O)COCCOCCNC(=O)COCCOCCCC(=O)CC[C@H](NC(=O)CCCCCCCCCCCCCCCCC(=O)O)C(=O)O)C(=O)O. The van der Waals surface area contributed by atoms with Crippen LogP contribution in [0.5, 0.6) is 0 Å². The second-order valence-corrected chi connectivity index (χ2v) is 15.2. The van der Waals surface area contributed by atoms with Crippen molar-refractivity contribution in [2.75, 3.05) is 65.9 Å². The number of rotatable bonds is 45. The summed E-state index contributed by atoms with van der Waals surface area (Å²) in [7, 11) is 0. The lowest BCUT2D eigenvalue weighted by atomic mass is 10.0. The molecule has 0 spiro atoms. The molecular weight excluding hydrogens is 782 g/mol. The van der Waals surface area contributed by atoms with E-state index >= 15 is 0 Å². The summed E-state index contributed by atoms with van der Waals surface area (Å²) in [6, 6.07) is -1.10. The van der Waals surface area contributed by atoms with E-state index in [0.29, 0.717) is 45.3 Å². The topological polar surface area (TPSA) is 253 Å². The molecule has 6 N–H and O–H groups in total. The molecule has 3 amide bonds. The summed E-state index contributed by atoms with van der Waals surface area (Å²) < 4.78 is 21.3. The Balaban J connectivity index is 3.65. The molecule has 0 bridgehead atoms. The lowest BCUT2D eigenvalue weighted by Crippen LogP contribution is -2.41. The van der Waals surface area contributed by atoms with Gasteiger partial charge in [-0.3, -0.25) is 28.8 Å². The van der Waals surface area contributed by atoms with Crippen molar-refractivity contribution in [2.45, 2.75) is 161 Å². The molecule has 0 aromatic carbocycles. The molecule has 0 saturated carbocycles. The van der Waals surface area contributed by atoms with E-state index in [2.05, 4.69) is 16.0 Å². The summed E-state index contributed by atoms with van der Waals surface area (Å²) in [5.74, 6) is -4.07. The Bertz CT molecular complexity index is 1170. The zero-order valence-corrected chi connectivity index (χ0v) is 36.3. The predicted molar refractivity (Wildman–Crippen MR) is 224 cm³/mol. The van der Waals surface area contributed by atoms with Crippen LogP contribution in [0.1, 0.15) is 155 Å². The minimum Gasteiger partial charge on any atom is -0.481 e. The minimum absolute atomic E-state index is 0.0332. The van der Waals surface area contributed by atoms with E-state index < -0.39 is 29.9 Å². The maximum atomic E-state index is 12.3. The predicted octanol–water partition coefficient (Wildman–Crippen LogP) is 5.20. The average molecular weight is 860 g/mol. The van der Waals surface area contributed by atoms with Crippen LogP contribution in [0.4, 0.5) is 0 Å². The van der Waals surface area contributed by atoms with Gasteiger partial charge in [-0.05, 0) is 38.5 Å². The lowest BCUT2D eigenvalue weighted by Gasteiger charge is -2.14. The van der Waals surface area contributed by atoms with Crippen LogP contribution in [0.25, 0.3) is 0 Å². The van der Waals surface area contributed by atoms with E-state index in [0.717, 1.165) is 38.5 Å². The van der Waals surface area contributed by atoms with Gasteiger partial charge < -0.3 is 50.2 Å². The van der Waals surface area contributed by atoms with Gasteiger partial charge in [0.25, 0.3) is 0 Å². The first kappa shape index (κ1) is 56.3. The third kappa shape index (κ3) is 39.8. The Hall–Kier alpha value is -3.67. The maximum Gasteiger partial charge on any atom is 0.326 e. The molecule has 0 aliphatic heterocycles. The molecule has 17 nitrogen and oxygen atoms in total. The van der Waals surface area contributed by atoms with E-state index in [4.69, 9.17) is 29.2 Å². The van der Waals surface area contributed by atoms with E-state index in [1.807, 2.05) is 0 Å². The molecule has 0 unspecified atom stereocenters. The molecule has 17 heteroatoms. The minimum atomic E-state index is -1.16. The molecule has 0 rings (SSSR count). The van der Waals surface area contributed by atoms with Crippen LogP contribution in [-0.2, 0) is 52.5 Å². The largest absolute Gasteiger partial charge is 0.481 e. The van der Waals surface area contributed by atoms with Gasteiger partial charge in [0, 0.05) is 45.4 Å². The molecule has 0 aliphatic carbocycles. The first-order chi connectivity index (χ1) is 28.9. The summed E-state index contributed by atoms with van der Waals surface area (Å²) in [5, 5.41) is 35.0. The highest BCUT2D eigenvalue weighted by Gasteiger charge is 2.21. The van der Waals surface area contributed by atoms with E-state index in [9.17, 15) is 38.7 Å². The van der Waals surface area contributed by atoms with Gasteiger partial charge >= 0.3 is 17.9 Å².